The summed E-state index contributed by atoms with van der Waals surface area (Å²) in [7, 11) is 0. The lowest BCUT2D eigenvalue weighted by molar-refractivity contribution is 0.0526. The van der Waals surface area contributed by atoms with Gasteiger partial charge in [0.15, 0.2) is 0 Å². The van der Waals surface area contributed by atoms with Crippen LogP contribution < -0.4 is 0 Å². The van der Waals surface area contributed by atoms with Crippen LogP contribution in [0.15, 0.2) is 68.4 Å². The molecule has 0 amide bonds. The molecular weight excluding hydrogens is 406 g/mol. The van der Waals surface area contributed by atoms with Crippen molar-refractivity contribution in [3.05, 3.63) is 64.1 Å². The molecule has 0 radical (unpaired) electrons. The van der Waals surface area contributed by atoms with E-state index in [1.165, 1.54) is 0 Å². The highest BCUT2D eigenvalue weighted by molar-refractivity contribution is 9.11. The normalized spacial score (nSPS) is 10.6. The van der Waals surface area contributed by atoms with Gasteiger partial charge in [0.2, 0.25) is 0 Å². The van der Waals surface area contributed by atoms with Crippen LogP contribution in [0.2, 0.25) is 0 Å². The van der Waals surface area contributed by atoms with Crippen LogP contribution >= 0.6 is 39.0 Å². The molecule has 0 N–H and O–H groups in total. The van der Waals surface area contributed by atoms with Crippen molar-refractivity contribution >= 4 is 45.0 Å². The van der Waals surface area contributed by atoms with Crippen LogP contribution in [0.5, 0.6) is 0 Å². The van der Waals surface area contributed by atoms with Gasteiger partial charge >= 0.3 is 5.97 Å². The van der Waals surface area contributed by atoms with Crippen molar-refractivity contribution in [2.24, 2.45) is 0 Å². The number of pyridine rings is 1. The minimum absolute atomic E-state index is 0.289. The number of carbonyl (C=O) groups excluding carboxylic acids is 1. The highest BCUT2D eigenvalue weighted by atomic mass is 79.9. The number of ether oxygens (including phenoxy) is 1. The van der Waals surface area contributed by atoms with Crippen LogP contribution in [0.25, 0.3) is 10.4 Å². The van der Waals surface area contributed by atoms with Crippen LogP contribution in [0.4, 0.5) is 0 Å². The maximum atomic E-state index is 11.7. The predicted molar refractivity (Wildman–Crippen MR) is 102 cm³/mol. The van der Waals surface area contributed by atoms with E-state index in [1.54, 1.807) is 48.4 Å². The maximum Gasteiger partial charge on any atom is 0.338 e. The summed E-state index contributed by atoms with van der Waals surface area (Å²) in [6, 6.07) is 15.5. The predicted octanol–water partition coefficient (Wildman–Crippen LogP) is 5.90. The van der Waals surface area contributed by atoms with Crippen LogP contribution in [-0.2, 0) is 4.74 Å². The van der Waals surface area contributed by atoms with E-state index in [0.717, 1.165) is 24.1 Å². The van der Waals surface area contributed by atoms with Crippen molar-refractivity contribution in [3.63, 3.8) is 0 Å². The number of carbonyl (C=O) groups is 1. The Labute approximate surface area is 157 Å². The van der Waals surface area contributed by atoms with Crippen molar-refractivity contribution in [2.45, 2.75) is 16.8 Å². The lowest BCUT2D eigenvalue weighted by Crippen LogP contribution is -2.03. The number of hydrogen-bond donors (Lipinski definition) is 0. The Balaban J connectivity index is 1.80. The Morgan fingerprint density at radius 1 is 1.25 bits per heavy atom. The summed E-state index contributed by atoms with van der Waals surface area (Å²) in [4.78, 5) is 18.3. The van der Waals surface area contributed by atoms with E-state index in [9.17, 15) is 4.79 Å². The SMILES string of the molecule is CCOC(=O)c1ccc(-c2cc(Sc3ccccn3)c(Br)s2)cc1. The summed E-state index contributed by atoms with van der Waals surface area (Å²) >= 11 is 6.91. The third-order valence-corrected chi connectivity index (χ3v) is 6.46. The average molecular weight is 420 g/mol. The number of aromatic nitrogens is 1. The maximum absolute atomic E-state index is 11.7. The highest BCUT2D eigenvalue weighted by Gasteiger charge is 2.12. The van der Waals surface area contributed by atoms with E-state index >= 15 is 0 Å². The molecule has 24 heavy (non-hydrogen) atoms. The number of benzene rings is 1. The van der Waals surface area contributed by atoms with E-state index in [2.05, 4.69) is 27.0 Å². The van der Waals surface area contributed by atoms with Gasteiger partial charge in [-0.2, -0.15) is 0 Å². The smallest absolute Gasteiger partial charge is 0.338 e. The molecule has 0 aliphatic carbocycles. The standard InChI is InChI=1S/C18H14BrNO2S2/c1-2-22-18(21)13-8-6-12(7-9-13)14-11-15(17(19)24-14)23-16-5-3-4-10-20-16/h3-11H,2H2,1H3. The van der Waals surface area contributed by atoms with Crippen LogP contribution in [0, 0.1) is 0 Å². The Morgan fingerprint density at radius 3 is 2.71 bits per heavy atom. The van der Waals surface area contributed by atoms with Gasteiger partial charge in [0, 0.05) is 16.0 Å². The topological polar surface area (TPSA) is 39.2 Å². The van der Waals surface area contributed by atoms with E-state index in [1.807, 2.05) is 30.3 Å². The number of esters is 1. The summed E-state index contributed by atoms with van der Waals surface area (Å²) in [6.45, 7) is 2.18. The molecule has 3 rings (SSSR count). The van der Waals surface area contributed by atoms with E-state index < -0.39 is 0 Å². The molecular formula is C18H14BrNO2S2. The van der Waals surface area contributed by atoms with Crippen molar-refractivity contribution in [3.8, 4) is 10.4 Å². The summed E-state index contributed by atoms with van der Waals surface area (Å²) in [6.07, 6.45) is 1.79. The lowest BCUT2D eigenvalue weighted by atomic mass is 10.1. The molecule has 0 fully saturated rings. The van der Waals surface area contributed by atoms with Gasteiger partial charge in [0.05, 0.1) is 16.0 Å². The van der Waals surface area contributed by atoms with Gasteiger partial charge in [0.1, 0.15) is 5.03 Å². The second kappa shape index (κ2) is 7.96. The van der Waals surface area contributed by atoms with Gasteiger partial charge in [0.25, 0.3) is 0 Å². The monoisotopic (exact) mass is 419 g/mol. The van der Waals surface area contributed by atoms with Crippen LogP contribution in [-0.4, -0.2) is 17.6 Å². The van der Waals surface area contributed by atoms with Gasteiger partial charge < -0.3 is 4.74 Å². The first-order chi connectivity index (χ1) is 11.7. The number of halogens is 1. The van der Waals surface area contributed by atoms with Crippen molar-refractivity contribution in [1.29, 1.82) is 0 Å². The van der Waals surface area contributed by atoms with Gasteiger partial charge in [-0.05, 0) is 58.7 Å². The van der Waals surface area contributed by atoms with E-state index in [-0.39, 0.29) is 5.97 Å². The molecule has 0 spiro atoms. The molecule has 0 bridgehead atoms. The zero-order valence-corrected chi connectivity index (χ0v) is 16.1. The molecule has 3 aromatic rings. The lowest BCUT2D eigenvalue weighted by Gasteiger charge is -2.02. The van der Waals surface area contributed by atoms with Crippen molar-refractivity contribution in [2.75, 3.05) is 6.61 Å². The number of nitrogens with zero attached hydrogens (tertiary/aromatic N) is 1. The molecule has 2 aromatic heterocycles. The van der Waals surface area contributed by atoms with Gasteiger partial charge in [-0.1, -0.05) is 30.0 Å². The molecule has 0 atom stereocenters. The first kappa shape index (κ1) is 17.2. The fraction of sp³-hybridized carbons (Fsp3) is 0.111. The zero-order valence-electron chi connectivity index (χ0n) is 12.9. The number of hydrogen-bond acceptors (Lipinski definition) is 5. The van der Waals surface area contributed by atoms with E-state index in [0.29, 0.717) is 12.2 Å². The molecule has 0 aliphatic rings. The Hall–Kier alpha value is -1.63. The number of rotatable bonds is 5. The molecule has 1 aromatic carbocycles. The minimum atomic E-state index is -0.289. The molecule has 2 heterocycles. The molecule has 0 saturated carbocycles. The third-order valence-electron chi connectivity index (χ3n) is 3.19. The Kier molecular flexibility index (Phi) is 5.71. The second-order valence-electron chi connectivity index (χ2n) is 4.82. The molecule has 122 valence electrons. The average Bonchev–Trinajstić information content (AvgIpc) is 2.97. The summed E-state index contributed by atoms with van der Waals surface area (Å²) < 4.78 is 6.08. The van der Waals surface area contributed by atoms with Crippen molar-refractivity contribution in [1.82, 2.24) is 4.98 Å². The fourth-order valence-corrected chi connectivity index (χ4v) is 4.80. The Morgan fingerprint density at radius 2 is 2.04 bits per heavy atom. The largest absolute Gasteiger partial charge is 0.462 e. The second-order valence-corrected chi connectivity index (χ2v) is 8.25. The zero-order chi connectivity index (χ0) is 16.9. The first-order valence-corrected chi connectivity index (χ1v) is 9.75. The molecule has 0 saturated heterocycles. The van der Waals surface area contributed by atoms with Crippen LogP contribution in [0.3, 0.4) is 0 Å². The van der Waals surface area contributed by atoms with Crippen molar-refractivity contribution < 1.29 is 9.53 Å². The van der Waals surface area contributed by atoms with Gasteiger partial charge in [-0.3, -0.25) is 0 Å². The molecule has 3 nitrogen and oxygen atoms in total. The summed E-state index contributed by atoms with van der Waals surface area (Å²) in [5, 5.41) is 0.959. The Bertz CT molecular complexity index is 832. The fourth-order valence-electron chi connectivity index (χ4n) is 2.07. The van der Waals surface area contributed by atoms with E-state index in [4.69, 9.17) is 4.74 Å². The summed E-state index contributed by atoms with van der Waals surface area (Å²) in [5.41, 5.74) is 1.64. The van der Waals surface area contributed by atoms with Gasteiger partial charge in [-0.15, -0.1) is 11.3 Å². The molecule has 6 heteroatoms. The molecule has 0 aliphatic heterocycles. The summed E-state index contributed by atoms with van der Waals surface area (Å²) in [5.74, 6) is -0.289. The highest BCUT2D eigenvalue weighted by Crippen LogP contribution is 2.42. The number of thiophene rings is 1. The van der Waals surface area contributed by atoms with Crippen LogP contribution in [0.1, 0.15) is 17.3 Å². The quantitative estimate of drug-likeness (QED) is 0.482. The van der Waals surface area contributed by atoms with Gasteiger partial charge in [-0.25, -0.2) is 9.78 Å². The third kappa shape index (κ3) is 4.06. The first-order valence-electron chi connectivity index (χ1n) is 7.33. The minimum Gasteiger partial charge on any atom is -0.462 e. The molecule has 0 unspecified atom stereocenters.